The molecule has 2 N–H and O–H groups in total. The Morgan fingerprint density at radius 3 is 2.17 bits per heavy atom. The van der Waals surface area contributed by atoms with Crippen molar-refractivity contribution < 1.29 is 10.2 Å². The molecule has 0 saturated heterocycles. The van der Waals surface area contributed by atoms with Crippen LogP contribution in [-0.2, 0) is 0 Å². The van der Waals surface area contributed by atoms with Crippen molar-refractivity contribution in [3.63, 3.8) is 0 Å². The van der Waals surface area contributed by atoms with Crippen molar-refractivity contribution in [1.29, 1.82) is 0 Å². The maximum Gasteiger partial charge on any atom is 0.0575 e. The minimum atomic E-state index is -0.208. The van der Waals surface area contributed by atoms with Gasteiger partial charge in [-0.2, -0.15) is 0 Å². The zero-order valence-electron chi connectivity index (χ0n) is 8.20. The van der Waals surface area contributed by atoms with E-state index >= 15 is 0 Å². The lowest BCUT2D eigenvalue weighted by Crippen LogP contribution is -2.39. The average Bonchev–Trinajstić information content (AvgIpc) is 1.96. The van der Waals surface area contributed by atoms with Crippen molar-refractivity contribution in [3.05, 3.63) is 0 Å². The Bertz CT molecular complexity index is 145. The molecule has 1 fully saturated rings. The lowest BCUT2D eigenvalue weighted by atomic mass is 9.74. The van der Waals surface area contributed by atoms with E-state index in [4.69, 9.17) is 0 Å². The molecule has 4 atom stereocenters. The van der Waals surface area contributed by atoms with E-state index in [9.17, 15) is 10.2 Å². The fraction of sp³-hybridized carbons (Fsp3) is 1.00. The molecule has 1 saturated carbocycles. The number of hydrogen-bond donors (Lipinski definition) is 2. The van der Waals surface area contributed by atoms with Gasteiger partial charge in [0, 0.05) is 0 Å². The molecule has 0 spiro atoms. The Hall–Kier alpha value is -0.0800. The highest BCUT2D eigenvalue weighted by molar-refractivity contribution is 4.84. The van der Waals surface area contributed by atoms with Crippen LogP contribution in [0.15, 0.2) is 0 Å². The van der Waals surface area contributed by atoms with Crippen LogP contribution in [0.4, 0.5) is 0 Å². The van der Waals surface area contributed by atoms with E-state index in [2.05, 4.69) is 13.8 Å². The summed E-state index contributed by atoms with van der Waals surface area (Å²) in [4.78, 5) is 0. The van der Waals surface area contributed by atoms with Crippen LogP contribution < -0.4 is 0 Å². The summed E-state index contributed by atoms with van der Waals surface area (Å²) in [6, 6.07) is 0. The van der Waals surface area contributed by atoms with E-state index in [0.717, 1.165) is 12.8 Å². The molecule has 2 nitrogen and oxygen atoms in total. The van der Waals surface area contributed by atoms with Crippen LogP contribution in [0.2, 0.25) is 0 Å². The maximum atomic E-state index is 9.72. The van der Waals surface area contributed by atoms with Crippen LogP contribution in [0.1, 0.15) is 33.6 Å². The summed E-state index contributed by atoms with van der Waals surface area (Å²) < 4.78 is 0. The Balaban J connectivity index is 2.55. The second-order valence-electron chi connectivity index (χ2n) is 4.49. The van der Waals surface area contributed by atoms with Gasteiger partial charge in [-0.05, 0) is 30.6 Å². The molecule has 0 bridgehead atoms. The predicted octanol–water partition coefficient (Wildman–Crippen LogP) is 1.41. The molecule has 0 heterocycles. The lowest BCUT2D eigenvalue weighted by molar-refractivity contribution is -0.0413. The summed E-state index contributed by atoms with van der Waals surface area (Å²) in [6.45, 7) is 6.22. The van der Waals surface area contributed by atoms with Gasteiger partial charge >= 0.3 is 0 Å². The van der Waals surface area contributed by atoms with Crippen LogP contribution in [-0.4, -0.2) is 22.4 Å². The van der Waals surface area contributed by atoms with Crippen LogP contribution in [0, 0.1) is 17.8 Å². The monoisotopic (exact) mass is 172 g/mol. The summed E-state index contributed by atoms with van der Waals surface area (Å²) in [5.74, 6) is 1.02. The van der Waals surface area contributed by atoms with E-state index in [-0.39, 0.29) is 24.0 Å². The standard InChI is InChI=1S/C10H20O2/c1-6(2)8-5-9(11)7(3)4-10(8)12/h6-12H,4-5H2,1-3H3/t7?,8?,9-,10?/m0/s1. The van der Waals surface area contributed by atoms with Gasteiger partial charge in [-0.15, -0.1) is 0 Å². The van der Waals surface area contributed by atoms with Crippen molar-refractivity contribution >= 4 is 0 Å². The van der Waals surface area contributed by atoms with Gasteiger partial charge in [-0.3, -0.25) is 0 Å². The van der Waals surface area contributed by atoms with Gasteiger partial charge < -0.3 is 10.2 Å². The van der Waals surface area contributed by atoms with E-state index < -0.39 is 0 Å². The molecule has 1 aliphatic carbocycles. The first kappa shape index (κ1) is 10.0. The molecule has 0 amide bonds. The highest BCUT2D eigenvalue weighted by Gasteiger charge is 2.34. The summed E-state index contributed by atoms with van der Waals surface area (Å²) in [5, 5.41) is 19.3. The second-order valence-corrected chi connectivity index (χ2v) is 4.49. The second kappa shape index (κ2) is 3.75. The quantitative estimate of drug-likeness (QED) is 0.628. The maximum absolute atomic E-state index is 9.72. The minimum Gasteiger partial charge on any atom is -0.393 e. The van der Waals surface area contributed by atoms with Gasteiger partial charge in [0.25, 0.3) is 0 Å². The Morgan fingerprint density at radius 2 is 1.67 bits per heavy atom. The van der Waals surface area contributed by atoms with E-state index in [1.807, 2.05) is 6.92 Å². The molecule has 0 aromatic rings. The third-order valence-corrected chi connectivity index (χ3v) is 3.13. The zero-order valence-corrected chi connectivity index (χ0v) is 8.20. The van der Waals surface area contributed by atoms with Crippen LogP contribution in [0.3, 0.4) is 0 Å². The molecule has 0 radical (unpaired) electrons. The minimum absolute atomic E-state index is 0.205. The SMILES string of the molecule is CC(C)C1C[C@H](O)C(C)CC1O. The number of rotatable bonds is 1. The first-order valence-electron chi connectivity index (χ1n) is 4.88. The highest BCUT2D eigenvalue weighted by Crippen LogP contribution is 2.33. The number of aliphatic hydroxyl groups excluding tert-OH is 2. The first-order chi connectivity index (χ1) is 5.52. The Morgan fingerprint density at radius 1 is 1.08 bits per heavy atom. The molecule has 1 rings (SSSR count). The normalized spacial score (nSPS) is 43.5. The average molecular weight is 172 g/mol. The van der Waals surface area contributed by atoms with Gasteiger partial charge in [-0.1, -0.05) is 20.8 Å². The summed E-state index contributed by atoms with van der Waals surface area (Å²) in [7, 11) is 0. The largest absolute Gasteiger partial charge is 0.393 e. The fourth-order valence-corrected chi connectivity index (χ4v) is 2.10. The molecule has 3 unspecified atom stereocenters. The lowest BCUT2D eigenvalue weighted by Gasteiger charge is -2.37. The van der Waals surface area contributed by atoms with Crippen LogP contribution in [0.5, 0.6) is 0 Å². The fourth-order valence-electron chi connectivity index (χ4n) is 2.10. The topological polar surface area (TPSA) is 40.5 Å². The van der Waals surface area contributed by atoms with Crippen molar-refractivity contribution in [2.75, 3.05) is 0 Å². The first-order valence-corrected chi connectivity index (χ1v) is 4.88. The summed E-state index contributed by atoms with van der Waals surface area (Å²) in [6.07, 6.45) is 1.11. The molecule has 0 aliphatic heterocycles. The Labute approximate surface area is 74.6 Å². The van der Waals surface area contributed by atoms with Crippen molar-refractivity contribution in [2.45, 2.75) is 45.8 Å². The van der Waals surface area contributed by atoms with Crippen LogP contribution in [0.25, 0.3) is 0 Å². The molecule has 72 valence electrons. The summed E-state index contributed by atoms with van der Waals surface area (Å²) in [5.41, 5.74) is 0. The molecule has 12 heavy (non-hydrogen) atoms. The predicted molar refractivity (Wildman–Crippen MR) is 48.7 cm³/mol. The van der Waals surface area contributed by atoms with Crippen molar-refractivity contribution in [2.24, 2.45) is 17.8 Å². The molecule has 0 aromatic carbocycles. The number of aliphatic hydroxyl groups is 2. The number of hydrogen-bond acceptors (Lipinski definition) is 2. The van der Waals surface area contributed by atoms with E-state index in [1.165, 1.54) is 0 Å². The smallest absolute Gasteiger partial charge is 0.0575 e. The zero-order chi connectivity index (χ0) is 9.30. The van der Waals surface area contributed by atoms with Gasteiger partial charge in [0.05, 0.1) is 12.2 Å². The molecular formula is C10H20O2. The Kier molecular flexibility index (Phi) is 3.13. The molecule has 2 heteroatoms. The van der Waals surface area contributed by atoms with E-state index in [1.54, 1.807) is 0 Å². The summed E-state index contributed by atoms with van der Waals surface area (Å²) >= 11 is 0. The van der Waals surface area contributed by atoms with Gasteiger partial charge in [-0.25, -0.2) is 0 Å². The molecule has 1 aliphatic rings. The van der Waals surface area contributed by atoms with Gasteiger partial charge in [0.2, 0.25) is 0 Å². The van der Waals surface area contributed by atoms with Crippen molar-refractivity contribution in [3.8, 4) is 0 Å². The highest BCUT2D eigenvalue weighted by atomic mass is 16.3. The van der Waals surface area contributed by atoms with Crippen LogP contribution >= 0.6 is 0 Å². The molecular weight excluding hydrogens is 152 g/mol. The third kappa shape index (κ3) is 1.99. The van der Waals surface area contributed by atoms with Gasteiger partial charge in [0.15, 0.2) is 0 Å². The third-order valence-electron chi connectivity index (χ3n) is 3.13. The molecule has 0 aromatic heterocycles. The van der Waals surface area contributed by atoms with Gasteiger partial charge in [0.1, 0.15) is 0 Å². The van der Waals surface area contributed by atoms with E-state index in [0.29, 0.717) is 5.92 Å². The van der Waals surface area contributed by atoms with Crippen molar-refractivity contribution in [1.82, 2.24) is 0 Å².